The van der Waals surface area contributed by atoms with E-state index in [4.69, 9.17) is 0 Å². The van der Waals surface area contributed by atoms with E-state index in [1.807, 2.05) is 18.2 Å². The molecule has 2 heterocycles. The Labute approximate surface area is 168 Å². The van der Waals surface area contributed by atoms with Crippen molar-refractivity contribution >= 4 is 16.7 Å². The maximum absolute atomic E-state index is 10.2. The van der Waals surface area contributed by atoms with Crippen molar-refractivity contribution in [2.24, 2.45) is 0 Å². The molecule has 0 saturated heterocycles. The van der Waals surface area contributed by atoms with Gasteiger partial charge in [0, 0.05) is 23.1 Å². The number of nitrogens with one attached hydrogen (secondary N) is 1. The van der Waals surface area contributed by atoms with Crippen molar-refractivity contribution < 1.29 is 10.2 Å². The van der Waals surface area contributed by atoms with Crippen molar-refractivity contribution in [3.8, 4) is 22.9 Å². The number of nitrogens with zero attached hydrogens (tertiary/aromatic N) is 3. The molecule has 1 fully saturated rings. The molecule has 0 radical (unpaired) electrons. The van der Waals surface area contributed by atoms with Crippen molar-refractivity contribution in [3.05, 3.63) is 66.0 Å². The van der Waals surface area contributed by atoms with Gasteiger partial charge >= 0.3 is 0 Å². The monoisotopic (exact) mass is 386 g/mol. The first-order valence-corrected chi connectivity index (χ1v) is 9.77. The van der Waals surface area contributed by atoms with Gasteiger partial charge in [-0.3, -0.25) is 4.57 Å². The van der Waals surface area contributed by atoms with Crippen LogP contribution in [0.3, 0.4) is 0 Å². The van der Waals surface area contributed by atoms with Gasteiger partial charge in [-0.05, 0) is 54.7 Å². The van der Waals surface area contributed by atoms with Gasteiger partial charge in [-0.1, -0.05) is 24.3 Å². The van der Waals surface area contributed by atoms with Gasteiger partial charge in [0.15, 0.2) is 11.8 Å². The van der Waals surface area contributed by atoms with Crippen molar-refractivity contribution in [1.82, 2.24) is 14.5 Å². The topological polar surface area (TPSA) is 83.2 Å². The average Bonchev–Trinajstić information content (AvgIpc) is 3.51. The molecule has 146 valence electrons. The molecule has 0 spiro atoms. The van der Waals surface area contributed by atoms with E-state index < -0.39 is 0 Å². The summed E-state index contributed by atoms with van der Waals surface area (Å²) in [6.45, 7) is 2.16. The van der Waals surface area contributed by atoms with Crippen molar-refractivity contribution in [2.75, 3.05) is 5.32 Å². The first-order valence-electron chi connectivity index (χ1n) is 9.77. The quantitative estimate of drug-likeness (QED) is 0.472. The lowest BCUT2D eigenvalue weighted by molar-refractivity contribution is 0.376. The minimum Gasteiger partial charge on any atom is -0.494 e. The summed E-state index contributed by atoms with van der Waals surface area (Å²) in [5, 5.41) is 24.7. The Morgan fingerprint density at radius 1 is 1.03 bits per heavy atom. The largest absolute Gasteiger partial charge is 0.494 e. The zero-order valence-electron chi connectivity index (χ0n) is 16.1. The van der Waals surface area contributed by atoms with E-state index in [9.17, 15) is 10.2 Å². The van der Waals surface area contributed by atoms with Crippen LogP contribution in [-0.2, 0) is 6.54 Å². The molecule has 5 rings (SSSR count). The van der Waals surface area contributed by atoms with Gasteiger partial charge in [-0.15, -0.1) is 0 Å². The molecular formula is C23H22N4O2. The number of aromatic hydroxyl groups is 2. The second-order valence-corrected chi connectivity index (χ2v) is 7.67. The molecule has 6 nitrogen and oxygen atoms in total. The zero-order valence-corrected chi connectivity index (χ0v) is 16.1. The molecule has 0 atom stereocenters. The summed E-state index contributed by atoms with van der Waals surface area (Å²) in [6, 6.07) is 16.4. The summed E-state index contributed by atoms with van der Waals surface area (Å²) in [6.07, 6.45) is 3.98. The Bertz CT molecular complexity index is 1210. The Morgan fingerprint density at radius 2 is 1.86 bits per heavy atom. The summed E-state index contributed by atoms with van der Waals surface area (Å²) in [4.78, 5) is 8.83. The second-order valence-electron chi connectivity index (χ2n) is 7.67. The van der Waals surface area contributed by atoms with Crippen molar-refractivity contribution in [1.29, 1.82) is 0 Å². The van der Waals surface area contributed by atoms with Crippen LogP contribution >= 0.6 is 0 Å². The number of aryl methyl sites for hydroxylation is 1. The maximum atomic E-state index is 10.2. The number of fused-ring (bicyclic) bond motifs is 1. The average molecular weight is 386 g/mol. The smallest absolute Gasteiger partial charge is 0.197 e. The molecule has 29 heavy (non-hydrogen) atoms. The number of hydrogen-bond acceptors (Lipinski definition) is 5. The van der Waals surface area contributed by atoms with E-state index in [-0.39, 0.29) is 11.8 Å². The van der Waals surface area contributed by atoms with Crippen LogP contribution in [0, 0.1) is 6.92 Å². The summed E-state index contributed by atoms with van der Waals surface area (Å²) in [5.74, 6) is 1.03. The summed E-state index contributed by atoms with van der Waals surface area (Å²) in [5.41, 5.74) is 4.70. The first-order chi connectivity index (χ1) is 14.1. The van der Waals surface area contributed by atoms with Gasteiger partial charge in [-0.2, -0.15) is 0 Å². The van der Waals surface area contributed by atoms with Crippen LogP contribution in [0.15, 0.2) is 54.9 Å². The Hall–Kier alpha value is -3.54. The fraction of sp³-hybridized carbons (Fsp3) is 0.217. The highest BCUT2D eigenvalue weighted by Crippen LogP contribution is 2.32. The molecule has 0 aliphatic heterocycles. The van der Waals surface area contributed by atoms with Crippen molar-refractivity contribution in [3.63, 3.8) is 0 Å². The highest BCUT2D eigenvalue weighted by Gasteiger charge is 2.22. The molecule has 2 aromatic heterocycles. The predicted octanol–water partition coefficient (Wildman–Crippen LogP) is 4.44. The SMILES string of the molecule is Cc1cc(O)n(Cc2cccc(-c3ccc4ncnc(NC5CC5)c4c3)c2)c1O. The van der Waals surface area contributed by atoms with Crippen LogP contribution in [0.1, 0.15) is 24.0 Å². The Morgan fingerprint density at radius 3 is 2.62 bits per heavy atom. The van der Waals surface area contributed by atoms with E-state index in [1.54, 1.807) is 19.3 Å². The number of rotatable bonds is 5. The van der Waals surface area contributed by atoms with Gasteiger partial charge < -0.3 is 15.5 Å². The highest BCUT2D eigenvalue weighted by molar-refractivity contribution is 5.92. The van der Waals surface area contributed by atoms with E-state index in [2.05, 4.69) is 39.6 Å². The van der Waals surface area contributed by atoms with Crippen LogP contribution in [0.5, 0.6) is 11.8 Å². The zero-order chi connectivity index (χ0) is 20.0. The highest BCUT2D eigenvalue weighted by atomic mass is 16.3. The third-order valence-electron chi connectivity index (χ3n) is 5.39. The minimum absolute atomic E-state index is 0.0593. The fourth-order valence-electron chi connectivity index (χ4n) is 3.62. The minimum atomic E-state index is 0.0593. The number of hydrogen-bond donors (Lipinski definition) is 3. The number of aromatic nitrogens is 3. The molecule has 3 N–H and O–H groups in total. The molecule has 1 saturated carbocycles. The Kier molecular flexibility index (Phi) is 4.12. The molecule has 4 aromatic rings. The maximum Gasteiger partial charge on any atom is 0.197 e. The summed E-state index contributed by atoms with van der Waals surface area (Å²) in [7, 11) is 0. The van der Waals surface area contributed by atoms with Crippen LogP contribution in [0.4, 0.5) is 5.82 Å². The van der Waals surface area contributed by atoms with Crippen LogP contribution in [-0.4, -0.2) is 30.8 Å². The molecule has 2 aromatic carbocycles. The lowest BCUT2D eigenvalue weighted by Gasteiger charge is -2.11. The van der Waals surface area contributed by atoms with E-state index in [1.165, 1.54) is 17.4 Å². The third-order valence-corrected chi connectivity index (χ3v) is 5.39. The lowest BCUT2D eigenvalue weighted by Crippen LogP contribution is -2.04. The standard InChI is InChI=1S/C23H22N4O2/c1-14-9-21(28)27(23(14)29)12-15-3-2-4-16(10-15)17-5-8-20-19(11-17)22(25-13-24-20)26-18-6-7-18/h2-5,8-11,13,18,28-29H,6-7,12H2,1H3,(H,24,25,26). The number of anilines is 1. The van der Waals surface area contributed by atoms with Gasteiger partial charge in [0.25, 0.3) is 0 Å². The second kappa shape index (κ2) is 6.81. The van der Waals surface area contributed by atoms with Gasteiger partial charge in [0.2, 0.25) is 0 Å². The summed E-state index contributed by atoms with van der Waals surface area (Å²) < 4.78 is 1.50. The van der Waals surface area contributed by atoms with E-state index >= 15 is 0 Å². The van der Waals surface area contributed by atoms with Gasteiger partial charge in [-0.25, -0.2) is 9.97 Å². The normalized spacial score (nSPS) is 13.7. The van der Waals surface area contributed by atoms with E-state index in [0.29, 0.717) is 18.2 Å². The van der Waals surface area contributed by atoms with E-state index in [0.717, 1.165) is 33.4 Å². The molecule has 6 heteroatoms. The molecule has 0 unspecified atom stereocenters. The van der Waals surface area contributed by atoms with Crippen LogP contribution in [0.25, 0.3) is 22.0 Å². The molecule has 0 bridgehead atoms. The lowest BCUT2D eigenvalue weighted by atomic mass is 10.0. The van der Waals surface area contributed by atoms with Gasteiger partial charge in [0.05, 0.1) is 12.1 Å². The molecule has 0 amide bonds. The first kappa shape index (κ1) is 17.6. The predicted molar refractivity (Wildman–Crippen MR) is 113 cm³/mol. The molecular weight excluding hydrogens is 364 g/mol. The third kappa shape index (κ3) is 3.38. The molecule has 1 aliphatic carbocycles. The van der Waals surface area contributed by atoms with Crippen LogP contribution < -0.4 is 5.32 Å². The summed E-state index contributed by atoms with van der Waals surface area (Å²) >= 11 is 0. The number of benzene rings is 2. The van der Waals surface area contributed by atoms with Gasteiger partial charge in [0.1, 0.15) is 12.1 Å². The Balaban J connectivity index is 1.50. The fourth-order valence-corrected chi connectivity index (χ4v) is 3.62. The van der Waals surface area contributed by atoms with Crippen LogP contribution in [0.2, 0.25) is 0 Å². The van der Waals surface area contributed by atoms with Crippen molar-refractivity contribution in [2.45, 2.75) is 32.4 Å². The molecule has 1 aliphatic rings.